The maximum absolute atomic E-state index is 12.4. The Hall–Kier alpha value is -1.44. The second-order valence-corrected chi connectivity index (χ2v) is 8.39. The van der Waals surface area contributed by atoms with Crippen molar-refractivity contribution in [3.8, 4) is 11.3 Å². The highest BCUT2D eigenvalue weighted by Gasteiger charge is 2.23. The molecule has 0 fully saturated rings. The van der Waals surface area contributed by atoms with Crippen LogP contribution < -0.4 is 0 Å². The summed E-state index contributed by atoms with van der Waals surface area (Å²) >= 11 is 5.00. The van der Waals surface area contributed by atoms with Crippen LogP contribution in [0.2, 0.25) is 0 Å². The van der Waals surface area contributed by atoms with Crippen LogP contribution in [0.15, 0.2) is 34.1 Å². The molecule has 1 heterocycles. The molecule has 0 aliphatic rings. The Morgan fingerprint density at radius 3 is 2.76 bits per heavy atom. The van der Waals surface area contributed by atoms with Crippen molar-refractivity contribution < 1.29 is 14.3 Å². The smallest absolute Gasteiger partial charge is 0.410 e. The first-order valence-electron chi connectivity index (χ1n) is 7.95. The lowest BCUT2D eigenvalue weighted by atomic mass is 10.2. The normalized spacial score (nSPS) is 11.4. The monoisotopic (exact) mass is 426 g/mol. The van der Waals surface area contributed by atoms with Crippen LogP contribution in [-0.4, -0.2) is 41.8 Å². The van der Waals surface area contributed by atoms with Crippen LogP contribution in [0.1, 0.15) is 25.8 Å². The lowest BCUT2D eigenvalue weighted by Gasteiger charge is -2.26. The van der Waals surface area contributed by atoms with Gasteiger partial charge in [0.25, 0.3) is 0 Å². The molecule has 0 aliphatic heterocycles. The zero-order valence-electron chi connectivity index (χ0n) is 14.9. The van der Waals surface area contributed by atoms with Crippen LogP contribution in [0.3, 0.4) is 0 Å². The fourth-order valence-corrected chi connectivity index (χ4v) is 3.31. The molecule has 0 saturated heterocycles. The first-order valence-corrected chi connectivity index (χ1v) is 9.63. The van der Waals surface area contributed by atoms with Crippen LogP contribution in [0, 0.1) is 0 Å². The van der Waals surface area contributed by atoms with E-state index in [2.05, 4.69) is 20.9 Å². The van der Waals surface area contributed by atoms with Gasteiger partial charge in [-0.3, -0.25) is 4.90 Å². The van der Waals surface area contributed by atoms with Gasteiger partial charge in [0, 0.05) is 29.1 Å². The number of amides is 1. The molecule has 25 heavy (non-hydrogen) atoms. The first-order chi connectivity index (χ1) is 11.8. The van der Waals surface area contributed by atoms with Crippen molar-refractivity contribution in [2.75, 3.05) is 20.3 Å². The van der Waals surface area contributed by atoms with Crippen molar-refractivity contribution in [2.24, 2.45) is 0 Å². The van der Waals surface area contributed by atoms with Gasteiger partial charge in [-0.15, -0.1) is 11.3 Å². The lowest BCUT2D eigenvalue weighted by molar-refractivity contribution is 0.0184. The standard InChI is InChI=1S/C18H23BrN2O3S/c1-18(2,3)24-17(22)21(8-9-23-4)11-16-20-15(12-25-16)13-6-5-7-14(19)10-13/h5-7,10,12H,8-9,11H2,1-4H3. The van der Waals surface area contributed by atoms with Crippen molar-refractivity contribution in [1.82, 2.24) is 9.88 Å². The predicted octanol–water partition coefficient (Wildman–Crippen LogP) is 4.96. The predicted molar refractivity (Wildman–Crippen MR) is 104 cm³/mol. The number of ether oxygens (including phenoxy) is 2. The van der Waals surface area contributed by atoms with E-state index in [1.54, 1.807) is 12.0 Å². The van der Waals surface area contributed by atoms with Gasteiger partial charge in [-0.1, -0.05) is 28.1 Å². The summed E-state index contributed by atoms with van der Waals surface area (Å²) in [6, 6.07) is 7.99. The molecule has 1 amide bonds. The van der Waals surface area contributed by atoms with E-state index < -0.39 is 5.60 Å². The van der Waals surface area contributed by atoms with Gasteiger partial charge in [0.15, 0.2) is 0 Å². The van der Waals surface area contributed by atoms with E-state index >= 15 is 0 Å². The number of thiazole rings is 1. The van der Waals surface area contributed by atoms with Crippen molar-refractivity contribution in [3.05, 3.63) is 39.1 Å². The van der Waals surface area contributed by atoms with Crippen LogP contribution in [0.25, 0.3) is 11.3 Å². The molecule has 2 rings (SSSR count). The minimum atomic E-state index is -0.535. The minimum Gasteiger partial charge on any atom is -0.444 e. The fraction of sp³-hybridized carbons (Fsp3) is 0.444. The summed E-state index contributed by atoms with van der Waals surface area (Å²) < 4.78 is 11.6. The van der Waals surface area contributed by atoms with Gasteiger partial charge in [0.2, 0.25) is 0 Å². The van der Waals surface area contributed by atoms with E-state index in [1.807, 2.05) is 50.4 Å². The molecule has 5 nitrogen and oxygen atoms in total. The molecule has 0 aliphatic carbocycles. The number of benzene rings is 1. The highest BCUT2D eigenvalue weighted by Crippen LogP contribution is 2.25. The third-order valence-electron chi connectivity index (χ3n) is 3.22. The molecule has 0 bridgehead atoms. The van der Waals surface area contributed by atoms with Gasteiger partial charge in [-0.25, -0.2) is 9.78 Å². The summed E-state index contributed by atoms with van der Waals surface area (Å²) in [6.07, 6.45) is -0.358. The highest BCUT2D eigenvalue weighted by atomic mass is 79.9. The maximum atomic E-state index is 12.4. The van der Waals surface area contributed by atoms with E-state index in [1.165, 1.54) is 11.3 Å². The van der Waals surface area contributed by atoms with Gasteiger partial charge < -0.3 is 9.47 Å². The van der Waals surface area contributed by atoms with E-state index in [9.17, 15) is 4.79 Å². The van der Waals surface area contributed by atoms with E-state index in [-0.39, 0.29) is 6.09 Å². The Bertz CT molecular complexity index is 712. The zero-order chi connectivity index (χ0) is 18.4. The highest BCUT2D eigenvalue weighted by molar-refractivity contribution is 9.10. The maximum Gasteiger partial charge on any atom is 0.410 e. The van der Waals surface area contributed by atoms with E-state index in [0.717, 1.165) is 20.7 Å². The van der Waals surface area contributed by atoms with Crippen molar-refractivity contribution >= 4 is 33.4 Å². The fourth-order valence-electron chi connectivity index (χ4n) is 2.09. The van der Waals surface area contributed by atoms with Crippen molar-refractivity contribution in [1.29, 1.82) is 0 Å². The number of aromatic nitrogens is 1. The Kier molecular flexibility index (Phi) is 6.98. The van der Waals surface area contributed by atoms with Crippen LogP contribution >= 0.6 is 27.3 Å². The van der Waals surface area contributed by atoms with Crippen molar-refractivity contribution in [2.45, 2.75) is 32.9 Å². The lowest BCUT2D eigenvalue weighted by Crippen LogP contribution is -2.38. The molecule has 0 atom stereocenters. The molecule has 1 aromatic heterocycles. The average Bonchev–Trinajstić information content (AvgIpc) is 2.98. The Morgan fingerprint density at radius 2 is 2.12 bits per heavy atom. The van der Waals surface area contributed by atoms with Crippen LogP contribution in [0.4, 0.5) is 4.79 Å². The second kappa shape index (κ2) is 8.78. The number of carbonyl (C=O) groups excluding carboxylic acids is 1. The third-order valence-corrected chi connectivity index (χ3v) is 4.54. The summed E-state index contributed by atoms with van der Waals surface area (Å²) in [7, 11) is 1.61. The molecular weight excluding hydrogens is 404 g/mol. The van der Waals surface area contributed by atoms with Crippen molar-refractivity contribution in [3.63, 3.8) is 0 Å². The number of rotatable bonds is 6. The van der Waals surface area contributed by atoms with E-state index in [0.29, 0.717) is 19.7 Å². The van der Waals surface area contributed by atoms with Gasteiger partial charge in [-0.05, 0) is 32.9 Å². The number of hydrogen-bond acceptors (Lipinski definition) is 5. The van der Waals surface area contributed by atoms with E-state index in [4.69, 9.17) is 9.47 Å². The molecule has 0 N–H and O–H groups in total. The molecule has 0 unspecified atom stereocenters. The molecule has 1 aromatic carbocycles. The van der Waals surface area contributed by atoms with Crippen LogP contribution in [0.5, 0.6) is 0 Å². The Morgan fingerprint density at radius 1 is 1.36 bits per heavy atom. The number of halogens is 1. The van der Waals surface area contributed by atoms with Gasteiger partial charge >= 0.3 is 6.09 Å². The minimum absolute atomic E-state index is 0.358. The SMILES string of the molecule is COCCN(Cc1nc(-c2cccc(Br)c2)cs1)C(=O)OC(C)(C)C. The summed E-state index contributed by atoms with van der Waals surface area (Å²) in [6.45, 7) is 6.87. The molecule has 7 heteroatoms. The molecule has 0 radical (unpaired) electrons. The molecule has 0 spiro atoms. The zero-order valence-corrected chi connectivity index (χ0v) is 17.3. The molecule has 0 saturated carbocycles. The molecule has 136 valence electrons. The summed E-state index contributed by atoms with van der Waals surface area (Å²) in [4.78, 5) is 18.7. The number of carbonyl (C=O) groups is 1. The third kappa shape index (κ3) is 6.41. The average molecular weight is 427 g/mol. The van der Waals surface area contributed by atoms with Crippen LogP contribution in [-0.2, 0) is 16.0 Å². The Labute approximate surface area is 161 Å². The summed E-state index contributed by atoms with van der Waals surface area (Å²) in [5.74, 6) is 0. The summed E-state index contributed by atoms with van der Waals surface area (Å²) in [5.41, 5.74) is 1.40. The molecular formula is C18H23BrN2O3S. The number of methoxy groups -OCH3 is 1. The van der Waals surface area contributed by atoms with Gasteiger partial charge in [0.1, 0.15) is 10.6 Å². The van der Waals surface area contributed by atoms with Gasteiger partial charge in [0.05, 0.1) is 18.8 Å². The second-order valence-electron chi connectivity index (χ2n) is 6.53. The first kappa shape index (κ1) is 19.9. The molecule has 2 aromatic rings. The Balaban J connectivity index is 2.12. The largest absolute Gasteiger partial charge is 0.444 e. The van der Waals surface area contributed by atoms with Gasteiger partial charge in [-0.2, -0.15) is 0 Å². The number of nitrogens with zero attached hydrogens (tertiary/aromatic N) is 2. The topological polar surface area (TPSA) is 51.7 Å². The quantitative estimate of drug-likeness (QED) is 0.654. The summed E-state index contributed by atoms with van der Waals surface area (Å²) in [5, 5.41) is 2.86. The number of hydrogen-bond donors (Lipinski definition) is 0.